The summed E-state index contributed by atoms with van der Waals surface area (Å²) in [7, 11) is 0. The van der Waals surface area contributed by atoms with Crippen molar-refractivity contribution in [1.82, 2.24) is 9.78 Å². The van der Waals surface area contributed by atoms with Crippen molar-refractivity contribution < 1.29 is 9.47 Å². The smallest absolute Gasteiger partial charge is 0.279 e. The Morgan fingerprint density at radius 3 is 2.56 bits per heavy atom. The quantitative estimate of drug-likeness (QED) is 0.874. The van der Waals surface area contributed by atoms with Gasteiger partial charge in [0, 0.05) is 5.69 Å². The summed E-state index contributed by atoms with van der Waals surface area (Å²) in [5.74, 6) is 0. The molecule has 18 heavy (non-hydrogen) atoms. The second-order valence-corrected chi connectivity index (χ2v) is 4.20. The molecule has 5 nitrogen and oxygen atoms in total. The van der Waals surface area contributed by atoms with Crippen molar-refractivity contribution in [2.45, 2.75) is 13.2 Å². The molecule has 0 aliphatic carbocycles. The van der Waals surface area contributed by atoms with Crippen molar-refractivity contribution in [2.24, 2.45) is 0 Å². The van der Waals surface area contributed by atoms with Crippen LogP contribution in [0.25, 0.3) is 5.69 Å². The SMILES string of the molecule is Cc1[nH]n(-c2ccccc2)c(=O)c1C1OCCO1. The molecule has 3 rings (SSSR count). The first-order valence-electron chi connectivity index (χ1n) is 5.87. The summed E-state index contributed by atoms with van der Waals surface area (Å²) in [4.78, 5) is 12.3. The zero-order valence-electron chi connectivity index (χ0n) is 10.1. The molecule has 1 aromatic carbocycles. The molecule has 0 unspecified atom stereocenters. The van der Waals surface area contributed by atoms with Gasteiger partial charge < -0.3 is 9.47 Å². The number of aryl methyl sites for hydroxylation is 1. The van der Waals surface area contributed by atoms with Crippen molar-refractivity contribution in [2.75, 3.05) is 13.2 Å². The zero-order valence-corrected chi connectivity index (χ0v) is 10.1. The average molecular weight is 246 g/mol. The summed E-state index contributed by atoms with van der Waals surface area (Å²) in [6, 6.07) is 9.43. The lowest BCUT2D eigenvalue weighted by atomic mass is 10.2. The van der Waals surface area contributed by atoms with E-state index in [2.05, 4.69) is 5.10 Å². The van der Waals surface area contributed by atoms with E-state index in [-0.39, 0.29) is 5.56 Å². The second kappa shape index (κ2) is 4.44. The van der Waals surface area contributed by atoms with Crippen molar-refractivity contribution in [1.29, 1.82) is 0 Å². The van der Waals surface area contributed by atoms with E-state index in [0.29, 0.717) is 18.8 Å². The molecule has 0 bridgehead atoms. The number of rotatable bonds is 2. The van der Waals surface area contributed by atoms with Gasteiger partial charge in [-0.2, -0.15) is 0 Å². The molecule has 0 spiro atoms. The number of para-hydroxylation sites is 1. The molecule has 94 valence electrons. The summed E-state index contributed by atoms with van der Waals surface area (Å²) in [5.41, 5.74) is 2.01. The fourth-order valence-corrected chi connectivity index (χ4v) is 2.12. The van der Waals surface area contributed by atoms with E-state index in [1.54, 1.807) is 0 Å². The van der Waals surface area contributed by atoms with E-state index in [4.69, 9.17) is 9.47 Å². The number of H-pyrrole nitrogens is 1. The van der Waals surface area contributed by atoms with Crippen LogP contribution in [0.3, 0.4) is 0 Å². The minimum atomic E-state index is -0.543. The van der Waals surface area contributed by atoms with Gasteiger partial charge in [-0.05, 0) is 19.1 Å². The highest BCUT2D eigenvalue weighted by molar-refractivity contribution is 5.33. The summed E-state index contributed by atoms with van der Waals surface area (Å²) >= 11 is 0. The van der Waals surface area contributed by atoms with Gasteiger partial charge in [-0.1, -0.05) is 18.2 Å². The molecule has 5 heteroatoms. The van der Waals surface area contributed by atoms with E-state index < -0.39 is 6.29 Å². The van der Waals surface area contributed by atoms with E-state index in [1.807, 2.05) is 37.3 Å². The fourth-order valence-electron chi connectivity index (χ4n) is 2.12. The maximum atomic E-state index is 12.3. The average Bonchev–Trinajstić information content (AvgIpc) is 2.99. The molecule has 2 heterocycles. The molecule has 1 aliphatic heterocycles. The normalized spacial score (nSPS) is 16.3. The predicted molar refractivity (Wildman–Crippen MR) is 65.8 cm³/mol. The van der Waals surface area contributed by atoms with Crippen LogP contribution in [0, 0.1) is 6.92 Å². The first-order valence-corrected chi connectivity index (χ1v) is 5.87. The van der Waals surface area contributed by atoms with Gasteiger partial charge in [-0.3, -0.25) is 9.89 Å². The summed E-state index contributed by atoms with van der Waals surface area (Å²) in [6.45, 7) is 2.90. The van der Waals surface area contributed by atoms with Crippen LogP contribution < -0.4 is 5.56 Å². The molecular formula is C13H14N2O3. The third kappa shape index (κ3) is 1.77. The zero-order chi connectivity index (χ0) is 12.5. The molecule has 1 aromatic heterocycles. The maximum Gasteiger partial charge on any atom is 0.279 e. The number of hydrogen-bond donors (Lipinski definition) is 1. The third-order valence-corrected chi connectivity index (χ3v) is 2.99. The number of nitrogens with one attached hydrogen (secondary N) is 1. The molecule has 1 aliphatic rings. The van der Waals surface area contributed by atoms with Gasteiger partial charge in [0.05, 0.1) is 24.5 Å². The van der Waals surface area contributed by atoms with Crippen molar-refractivity contribution in [3.05, 3.63) is 51.9 Å². The molecule has 0 radical (unpaired) electrons. The van der Waals surface area contributed by atoms with Gasteiger partial charge in [0.1, 0.15) is 0 Å². The van der Waals surface area contributed by atoms with Crippen molar-refractivity contribution >= 4 is 0 Å². The third-order valence-electron chi connectivity index (χ3n) is 2.99. The first kappa shape index (κ1) is 11.3. The van der Waals surface area contributed by atoms with Crippen LogP contribution in [0.15, 0.2) is 35.1 Å². The molecule has 1 fully saturated rings. The van der Waals surface area contributed by atoms with E-state index in [0.717, 1.165) is 11.4 Å². The predicted octanol–water partition coefficient (Wildman–Crippen LogP) is 1.52. The summed E-state index contributed by atoms with van der Waals surface area (Å²) in [5, 5.41) is 3.05. The summed E-state index contributed by atoms with van der Waals surface area (Å²) in [6.07, 6.45) is -0.543. The Balaban J connectivity index is 2.08. The van der Waals surface area contributed by atoms with Crippen LogP contribution in [0.4, 0.5) is 0 Å². The Bertz CT molecular complexity index is 594. The number of aromatic nitrogens is 2. The number of nitrogens with zero attached hydrogens (tertiary/aromatic N) is 1. The molecule has 0 saturated carbocycles. The van der Waals surface area contributed by atoms with Gasteiger partial charge in [0.15, 0.2) is 6.29 Å². The highest BCUT2D eigenvalue weighted by Crippen LogP contribution is 2.23. The Morgan fingerprint density at radius 2 is 1.89 bits per heavy atom. The number of aromatic amines is 1. The Kier molecular flexibility index (Phi) is 2.77. The standard InChI is InChI=1S/C13H14N2O3/c1-9-11(13-17-7-8-18-13)12(16)15(14-9)10-5-3-2-4-6-10/h2-6,13-14H,7-8H2,1H3. The number of hydrogen-bond acceptors (Lipinski definition) is 3. The molecular weight excluding hydrogens is 232 g/mol. The van der Waals surface area contributed by atoms with Gasteiger partial charge in [-0.25, -0.2) is 4.68 Å². The highest BCUT2D eigenvalue weighted by atomic mass is 16.7. The lowest BCUT2D eigenvalue weighted by Gasteiger charge is -2.05. The second-order valence-electron chi connectivity index (χ2n) is 4.20. The lowest BCUT2D eigenvalue weighted by Crippen LogP contribution is -2.19. The Hall–Kier alpha value is -1.85. The largest absolute Gasteiger partial charge is 0.346 e. The number of benzene rings is 1. The topological polar surface area (TPSA) is 56.2 Å². The number of ether oxygens (including phenoxy) is 2. The monoisotopic (exact) mass is 246 g/mol. The molecule has 0 amide bonds. The maximum absolute atomic E-state index is 12.3. The van der Waals surface area contributed by atoms with Crippen LogP contribution in [-0.4, -0.2) is 23.0 Å². The minimum Gasteiger partial charge on any atom is -0.346 e. The van der Waals surface area contributed by atoms with Crippen LogP contribution >= 0.6 is 0 Å². The van der Waals surface area contributed by atoms with E-state index in [9.17, 15) is 4.79 Å². The highest BCUT2D eigenvalue weighted by Gasteiger charge is 2.26. The van der Waals surface area contributed by atoms with Crippen LogP contribution in [-0.2, 0) is 9.47 Å². The van der Waals surface area contributed by atoms with Crippen LogP contribution in [0.2, 0.25) is 0 Å². The molecule has 1 N–H and O–H groups in total. The van der Waals surface area contributed by atoms with E-state index in [1.165, 1.54) is 4.68 Å². The molecule has 0 atom stereocenters. The van der Waals surface area contributed by atoms with Gasteiger partial charge in [0.2, 0.25) is 0 Å². The first-order chi connectivity index (χ1) is 8.77. The fraction of sp³-hybridized carbons (Fsp3) is 0.308. The Labute approximate surface area is 104 Å². The van der Waals surface area contributed by atoms with Gasteiger partial charge in [-0.15, -0.1) is 0 Å². The van der Waals surface area contributed by atoms with Gasteiger partial charge in [0.25, 0.3) is 5.56 Å². The van der Waals surface area contributed by atoms with E-state index >= 15 is 0 Å². The summed E-state index contributed by atoms with van der Waals surface area (Å²) < 4.78 is 12.3. The Morgan fingerprint density at radius 1 is 1.22 bits per heavy atom. The van der Waals surface area contributed by atoms with Gasteiger partial charge >= 0.3 is 0 Å². The molecule has 2 aromatic rings. The van der Waals surface area contributed by atoms with Crippen molar-refractivity contribution in [3.63, 3.8) is 0 Å². The lowest BCUT2D eigenvalue weighted by molar-refractivity contribution is -0.0452. The van der Waals surface area contributed by atoms with Crippen molar-refractivity contribution in [3.8, 4) is 5.69 Å². The van der Waals surface area contributed by atoms with Crippen LogP contribution in [0.1, 0.15) is 17.5 Å². The van der Waals surface area contributed by atoms with Crippen LogP contribution in [0.5, 0.6) is 0 Å². The minimum absolute atomic E-state index is 0.120. The molecule has 1 saturated heterocycles.